The zero-order chi connectivity index (χ0) is 10.3. The normalized spacial score (nSPS) is 19.2. The minimum Gasteiger partial charge on any atom is -0.399 e. The van der Waals surface area contributed by atoms with Gasteiger partial charge in [0.2, 0.25) is 0 Å². The van der Waals surface area contributed by atoms with Crippen molar-refractivity contribution in [2.24, 2.45) is 4.99 Å². The monoisotopic (exact) mass is 201 g/mol. The molecule has 78 valence electrons. The van der Waals surface area contributed by atoms with Crippen molar-refractivity contribution in [3.63, 3.8) is 0 Å². The lowest BCUT2D eigenvalue weighted by Gasteiger charge is -2.19. The van der Waals surface area contributed by atoms with E-state index in [1.807, 2.05) is 6.07 Å². The summed E-state index contributed by atoms with van der Waals surface area (Å²) < 4.78 is 0. The summed E-state index contributed by atoms with van der Waals surface area (Å²) in [6, 6.07) is 6.19. The summed E-state index contributed by atoms with van der Waals surface area (Å²) in [5.41, 5.74) is 9.32. The van der Waals surface area contributed by atoms with Crippen LogP contribution in [0.4, 0.5) is 11.4 Å². The van der Waals surface area contributed by atoms with Crippen LogP contribution in [0, 0.1) is 0 Å². The van der Waals surface area contributed by atoms with Gasteiger partial charge < -0.3 is 10.6 Å². The highest BCUT2D eigenvalue weighted by atomic mass is 15.2. The highest BCUT2D eigenvalue weighted by Crippen LogP contribution is 2.31. The minimum atomic E-state index is 0.865. The molecule has 1 aromatic rings. The molecule has 15 heavy (non-hydrogen) atoms. The van der Waals surface area contributed by atoms with Crippen LogP contribution in [-0.4, -0.2) is 18.9 Å². The highest BCUT2D eigenvalue weighted by molar-refractivity contribution is 6.00. The standard InChI is InChI=1S/C12H15N3/c13-10-3-4-11-9(8-10)5-7-15(11)12-2-1-6-14-12/h3-4,8H,1-2,5-7,13H2. The van der Waals surface area contributed by atoms with Gasteiger partial charge in [0, 0.05) is 30.9 Å². The Balaban J connectivity index is 1.97. The smallest absolute Gasteiger partial charge is 0.103 e. The summed E-state index contributed by atoms with van der Waals surface area (Å²) in [6.07, 6.45) is 3.43. The van der Waals surface area contributed by atoms with Gasteiger partial charge in [-0.1, -0.05) is 0 Å². The van der Waals surface area contributed by atoms with Crippen molar-refractivity contribution >= 4 is 17.2 Å². The fourth-order valence-electron chi connectivity index (χ4n) is 2.43. The molecule has 0 saturated carbocycles. The molecule has 0 radical (unpaired) electrons. The third kappa shape index (κ3) is 1.39. The van der Waals surface area contributed by atoms with Crippen molar-refractivity contribution in [2.75, 3.05) is 23.7 Å². The number of hydrogen-bond acceptors (Lipinski definition) is 3. The van der Waals surface area contributed by atoms with Gasteiger partial charge in [-0.15, -0.1) is 0 Å². The average molecular weight is 201 g/mol. The van der Waals surface area contributed by atoms with Gasteiger partial charge in [0.1, 0.15) is 5.84 Å². The number of anilines is 2. The molecule has 0 spiro atoms. The van der Waals surface area contributed by atoms with Gasteiger partial charge in [0.25, 0.3) is 0 Å². The second kappa shape index (κ2) is 3.26. The Hall–Kier alpha value is -1.51. The van der Waals surface area contributed by atoms with Gasteiger partial charge in [-0.25, -0.2) is 0 Å². The van der Waals surface area contributed by atoms with Crippen molar-refractivity contribution in [1.29, 1.82) is 0 Å². The number of aliphatic imine (C=N–C) groups is 1. The average Bonchev–Trinajstić information content (AvgIpc) is 2.82. The molecular formula is C12H15N3. The molecule has 0 fully saturated rings. The number of nitrogens with two attached hydrogens (primary N) is 1. The van der Waals surface area contributed by atoms with Crippen LogP contribution in [0.1, 0.15) is 18.4 Å². The highest BCUT2D eigenvalue weighted by Gasteiger charge is 2.24. The Morgan fingerprint density at radius 1 is 1.27 bits per heavy atom. The van der Waals surface area contributed by atoms with E-state index in [2.05, 4.69) is 22.0 Å². The lowest BCUT2D eigenvalue weighted by molar-refractivity contribution is 0.943. The molecule has 3 heteroatoms. The Morgan fingerprint density at radius 2 is 2.20 bits per heavy atom. The first kappa shape index (κ1) is 8.77. The maximum atomic E-state index is 5.78. The summed E-state index contributed by atoms with van der Waals surface area (Å²) >= 11 is 0. The van der Waals surface area contributed by atoms with Crippen molar-refractivity contribution < 1.29 is 0 Å². The van der Waals surface area contributed by atoms with Gasteiger partial charge in [-0.05, 0) is 36.6 Å². The zero-order valence-corrected chi connectivity index (χ0v) is 8.74. The first-order chi connectivity index (χ1) is 7.34. The molecule has 0 aliphatic carbocycles. The number of nitrogens with zero attached hydrogens (tertiary/aromatic N) is 2. The summed E-state index contributed by atoms with van der Waals surface area (Å²) in [7, 11) is 0. The molecule has 0 saturated heterocycles. The number of rotatable bonds is 0. The molecule has 2 heterocycles. The van der Waals surface area contributed by atoms with Crippen molar-refractivity contribution in [3.05, 3.63) is 23.8 Å². The first-order valence-electron chi connectivity index (χ1n) is 5.54. The van der Waals surface area contributed by atoms with Crippen molar-refractivity contribution in [2.45, 2.75) is 19.3 Å². The largest absolute Gasteiger partial charge is 0.399 e. The van der Waals surface area contributed by atoms with Crippen LogP contribution in [0.2, 0.25) is 0 Å². The van der Waals surface area contributed by atoms with Crippen LogP contribution in [-0.2, 0) is 6.42 Å². The number of hydrogen-bond donors (Lipinski definition) is 1. The Morgan fingerprint density at radius 3 is 3.00 bits per heavy atom. The van der Waals surface area contributed by atoms with Gasteiger partial charge >= 0.3 is 0 Å². The fraction of sp³-hybridized carbons (Fsp3) is 0.417. The summed E-state index contributed by atoms with van der Waals surface area (Å²) in [5.74, 6) is 1.26. The topological polar surface area (TPSA) is 41.6 Å². The van der Waals surface area contributed by atoms with E-state index in [1.54, 1.807) is 0 Å². The second-order valence-electron chi connectivity index (χ2n) is 4.19. The summed E-state index contributed by atoms with van der Waals surface area (Å²) in [4.78, 5) is 6.90. The van der Waals surface area contributed by atoms with Gasteiger partial charge in [0.15, 0.2) is 0 Å². The van der Waals surface area contributed by atoms with Crippen molar-refractivity contribution in [3.8, 4) is 0 Å². The predicted molar refractivity (Wildman–Crippen MR) is 63.4 cm³/mol. The van der Waals surface area contributed by atoms with Gasteiger partial charge in [-0.3, -0.25) is 4.99 Å². The van der Waals surface area contributed by atoms with Crippen LogP contribution in [0.25, 0.3) is 0 Å². The van der Waals surface area contributed by atoms with E-state index in [4.69, 9.17) is 5.73 Å². The minimum absolute atomic E-state index is 0.865. The van der Waals surface area contributed by atoms with Crippen molar-refractivity contribution in [1.82, 2.24) is 0 Å². The van der Waals surface area contributed by atoms with E-state index < -0.39 is 0 Å². The third-order valence-electron chi connectivity index (χ3n) is 3.16. The molecule has 0 aromatic heterocycles. The number of benzene rings is 1. The van der Waals surface area contributed by atoms with Crippen LogP contribution in [0.5, 0.6) is 0 Å². The molecule has 2 aliphatic heterocycles. The molecule has 2 aliphatic rings. The molecule has 0 amide bonds. The third-order valence-corrected chi connectivity index (χ3v) is 3.16. The molecule has 0 bridgehead atoms. The second-order valence-corrected chi connectivity index (χ2v) is 4.19. The Bertz CT molecular complexity index is 423. The lowest BCUT2D eigenvalue weighted by atomic mass is 10.1. The molecule has 2 N–H and O–H groups in total. The van der Waals surface area contributed by atoms with Gasteiger partial charge in [-0.2, -0.15) is 0 Å². The molecule has 1 aromatic carbocycles. The van der Waals surface area contributed by atoms with E-state index in [0.29, 0.717) is 0 Å². The van der Waals surface area contributed by atoms with Crippen LogP contribution < -0.4 is 10.6 Å². The van der Waals surface area contributed by atoms with Crippen LogP contribution >= 0.6 is 0 Å². The number of nitrogen functional groups attached to an aromatic ring is 1. The van der Waals surface area contributed by atoms with E-state index >= 15 is 0 Å². The van der Waals surface area contributed by atoms with E-state index in [-0.39, 0.29) is 0 Å². The molecule has 3 rings (SSSR count). The summed E-state index contributed by atoms with van der Waals surface area (Å²) in [6.45, 7) is 2.06. The quantitative estimate of drug-likeness (QED) is 0.650. The number of amidine groups is 1. The number of fused-ring (bicyclic) bond motifs is 1. The fourth-order valence-corrected chi connectivity index (χ4v) is 2.43. The zero-order valence-electron chi connectivity index (χ0n) is 8.74. The maximum Gasteiger partial charge on any atom is 0.103 e. The Labute approximate surface area is 89.6 Å². The molecular weight excluding hydrogens is 186 g/mol. The van der Waals surface area contributed by atoms with Crippen LogP contribution in [0.3, 0.4) is 0 Å². The lowest BCUT2D eigenvalue weighted by Crippen LogP contribution is -2.27. The molecule has 0 atom stereocenters. The predicted octanol–water partition coefficient (Wildman–Crippen LogP) is 1.82. The summed E-state index contributed by atoms with van der Waals surface area (Å²) in [5, 5.41) is 0. The first-order valence-corrected chi connectivity index (χ1v) is 5.54. The van der Waals surface area contributed by atoms with Gasteiger partial charge in [0.05, 0.1) is 0 Å². The van der Waals surface area contributed by atoms with E-state index in [0.717, 1.165) is 31.6 Å². The molecule has 0 unspecified atom stereocenters. The SMILES string of the molecule is Nc1ccc2c(c1)CCN2C1=NCCC1. The van der Waals surface area contributed by atoms with E-state index in [9.17, 15) is 0 Å². The molecule has 3 nitrogen and oxygen atoms in total. The van der Waals surface area contributed by atoms with E-state index in [1.165, 1.54) is 23.5 Å². The maximum absolute atomic E-state index is 5.78. The Kier molecular flexibility index (Phi) is 1.91. The van der Waals surface area contributed by atoms with Crippen LogP contribution in [0.15, 0.2) is 23.2 Å².